The summed E-state index contributed by atoms with van der Waals surface area (Å²) in [7, 11) is 0. The minimum atomic E-state index is -0.281. The van der Waals surface area contributed by atoms with E-state index in [0.717, 1.165) is 26.1 Å². The van der Waals surface area contributed by atoms with Gasteiger partial charge in [0, 0.05) is 37.3 Å². The number of hydrogen-bond donors (Lipinski definition) is 1. The number of rotatable bonds is 3. The number of piperazine rings is 1. The lowest BCUT2D eigenvalue weighted by Crippen LogP contribution is -2.58. The van der Waals surface area contributed by atoms with Crippen LogP contribution in [0.5, 0.6) is 0 Å². The van der Waals surface area contributed by atoms with Crippen LogP contribution in [0.3, 0.4) is 0 Å². The molecule has 4 heteroatoms. The SMILES string of the molecule is CCC1(C)CNCCN1Cc1cccc(Cl)c1F. The van der Waals surface area contributed by atoms with Crippen LogP contribution in [0.2, 0.25) is 5.02 Å². The molecular weight excluding hydrogens is 251 g/mol. The average Bonchev–Trinajstić information content (AvgIpc) is 2.37. The van der Waals surface area contributed by atoms with Crippen LogP contribution in [-0.2, 0) is 6.54 Å². The summed E-state index contributed by atoms with van der Waals surface area (Å²) in [6.45, 7) is 7.87. The molecule has 1 fully saturated rings. The third-order valence-corrected chi connectivity index (χ3v) is 4.27. The Hall–Kier alpha value is -0.640. The third-order valence-electron chi connectivity index (χ3n) is 3.98. The second kappa shape index (κ2) is 5.55. The lowest BCUT2D eigenvalue weighted by molar-refractivity contribution is 0.0627. The summed E-state index contributed by atoms with van der Waals surface area (Å²) in [6, 6.07) is 5.22. The molecule has 1 heterocycles. The number of nitrogens with one attached hydrogen (secondary N) is 1. The highest BCUT2D eigenvalue weighted by atomic mass is 35.5. The predicted octanol–water partition coefficient (Wildman–Crippen LogP) is 3.05. The first-order chi connectivity index (χ1) is 8.57. The Morgan fingerprint density at radius 1 is 1.50 bits per heavy atom. The highest BCUT2D eigenvalue weighted by Crippen LogP contribution is 2.26. The van der Waals surface area contributed by atoms with E-state index in [0.29, 0.717) is 12.1 Å². The van der Waals surface area contributed by atoms with Gasteiger partial charge in [0.25, 0.3) is 0 Å². The van der Waals surface area contributed by atoms with Crippen molar-refractivity contribution < 1.29 is 4.39 Å². The van der Waals surface area contributed by atoms with E-state index in [4.69, 9.17) is 11.6 Å². The van der Waals surface area contributed by atoms with Gasteiger partial charge in [0.1, 0.15) is 5.82 Å². The molecule has 100 valence electrons. The number of benzene rings is 1. The van der Waals surface area contributed by atoms with Gasteiger partial charge in [-0.1, -0.05) is 30.7 Å². The molecule has 1 atom stereocenters. The Balaban J connectivity index is 2.19. The van der Waals surface area contributed by atoms with Crippen molar-refractivity contribution in [3.8, 4) is 0 Å². The molecule has 1 saturated heterocycles. The van der Waals surface area contributed by atoms with E-state index < -0.39 is 0 Å². The molecule has 1 N–H and O–H groups in total. The van der Waals surface area contributed by atoms with Crippen LogP contribution < -0.4 is 5.32 Å². The van der Waals surface area contributed by atoms with Crippen molar-refractivity contribution in [3.63, 3.8) is 0 Å². The fourth-order valence-corrected chi connectivity index (χ4v) is 2.64. The summed E-state index contributed by atoms with van der Waals surface area (Å²) in [5.41, 5.74) is 0.775. The van der Waals surface area contributed by atoms with Gasteiger partial charge >= 0.3 is 0 Å². The highest BCUT2D eigenvalue weighted by Gasteiger charge is 2.32. The quantitative estimate of drug-likeness (QED) is 0.908. The number of halogens is 2. The van der Waals surface area contributed by atoms with Gasteiger partial charge in [-0.3, -0.25) is 4.90 Å². The van der Waals surface area contributed by atoms with Crippen molar-refractivity contribution in [2.75, 3.05) is 19.6 Å². The first-order valence-corrected chi connectivity index (χ1v) is 6.83. The molecule has 0 saturated carbocycles. The molecule has 1 unspecified atom stereocenters. The van der Waals surface area contributed by atoms with Gasteiger partial charge < -0.3 is 5.32 Å². The molecule has 1 aliphatic heterocycles. The number of nitrogens with zero attached hydrogens (tertiary/aromatic N) is 1. The molecule has 0 aliphatic carbocycles. The molecule has 0 radical (unpaired) electrons. The maximum Gasteiger partial charge on any atom is 0.146 e. The van der Waals surface area contributed by atoms with Crippen molar-refractivity contribution in [1.29, 1.82) is 0 Å². The average molecular weight is 271 g/mol. The molecule has 2 rings (SSSR count). The lowest BCUT2D eigenvalue weighted by Gasteiger charge is -2.45. The highest BCUT2D eigenvalue weighted by molar-refractivity contribution is 6.30. The fraction of sp³-hybridized carbons (Fsp3) is 0.571. The Bertz CT molecular complexity index is 424. The summed E-state index contributed by atoms with van der Waals surface area (Å²) in [5.74, 6) is -0.281. The van der Waals surface area contributed by atoms with Crippen molar-refractivity contribution in [2.45, 2.75) is 32.4 Å². The van der Waals surface area contributed by atoms with E-state index in [-0.39, 0.29) is 16.4 Å². The van der Waals surface area contributed by atoms with Crippen LogP contribution in [0.15, 0.2) is 18.2 Å². The van der Waals surface area contributed by atoms with Crippen molar-refractivity contribution >= 4 is 11.6 Å². The zero-order valence-electron chi connectivity index (χ0n) is 11.0. The maximum absolute atomic E-state index is 13.9. The number of hydrogen-bond acceptors (Lipinski definition) is 2. The summed E-state index contributed by atoms with van der Waals surface area (Å²) in [4.78, 5) is 2.35. The summed E-state index contributed by atoms with van der Waals surface area (Å²) >= 11 is 5.83. The van der Waals surface area contributed by atoms with Crippen LogP contribution in [0.25, 0.3) is 0 Å². The smallest absolute Gasteiger partial charge is 0.146 e. The standard InChI is InChI=1S/C14H20ClFN2/c1-3-14(2)10-17-7-8-18(14)9-11-5-4-6-12(15)13(11)16/h4-6,17H,3,7-10H2,1-2H3. The zero-order valence-corrected chi connectivity index (χ0v) is 11.7. The minimum absolute atomic E-state index is 0.0903. The predicted molar refractivity (Wildman–Crippen MR) is 73.4 cm³/mol. The molecule has 1 aromatic carbocycles. The minimum Gasteiger partial charge on any atom is -0.314 e. The second-order valence-corrected chi connectivity index (χ2v) is 5.57. The summed E-state index contributed by atoms with van der Waals surface area (Å²) in [5, 5.41) is 3.62. The largest absolute Gasteiger partial charge is 0.314 e. The Morgan fingerprint density at radius 3 is 3.00 bits per heavy atom. The molecule has 1 aromatic rings. The van der Waals surface area contributed by atoms with E-state index in [1.54, 1.807) is 6.07 Å². The normalized spacial score (nSPS) is 25.3. The molecule has 18 heavy (non-hydrogen) atoms. The monoisotopic (exact) mass is 270 g/mol. The zero-order chi connectivity index (χ0) is 13.2. The van der Waals surface area contributed by atoms with Crippen molar-refractivity contribution in [3.05, 3.63) is 34.6 Å². The van der Waals surface area contributed by atoms with Crippen molar-refractivity contribution in [2.24, 2.45) is 0 Å². The van der Waals surface area contributed by atoms with Crippen LogP contribution in [0, 0.1) is 5.82 Å². The molecule has 0 spiro atoms. The van der Waals surface area contributed by atoms with Crippen LogP contribution in [0.1, 0.15) is 25.8 Å². The van der Waals surface area contributed by atoms with Gasteiger partial charge in [-0.15, -0.1) is 0 Å². The van der Waals surface area contributed by atoms with Gasteiger partial charge in [-0.25, -0.2) is 4.39 Å². The first-order valence-electron chi connectivity index (χ1n) is 6.45. The van der Waals surface area contributed by atoms with Gasteiger partial charge in [-0.2, -0.15) is 0 Å². The molecule has 2 nitrogen and oxygen atoms in total. The van der Waals surface area contributed by atoms with E-state index >= 15 is 0 Å². The van der Waals surface area contributed by atoms with Gasteiger partial charge in [0.15, 0.2) is 0 Å². The maximum atomic E-state index is 13.9. The van der Waals surface area contributed by atoms with Gasteiger partial charge in [0.2, 0.25) is 0 Å². The Kier molecular flexibility index (Phi) is 4.25. The van der Waals surface area contributed by atoms with Crippen LogP contribution >= 0.6 is 11.6 Å². The molecule has 1 aliphatic rings. The molecule has 0 amide bonds. The molecule has 0 bridgehead atoms. The fourth-order valence-electron chi connectivity index (χ4n) is 2.45. The second-order valence-electron chi connectivity index (χ2n) is 5.16. The summed E-state index contributed by atoms with van der Waals surface area (Å²) in [6.07, 6.45) is 1.04. The van der Waals surface area contributed by atoms with Crippen LogP contribution in [0.4, 0.5) is 4.39 Å². The molecular formula is C14H20ClFN2. The van der Waals surface area contributed by atoms with Crippen molar-refractivity contribution in [1.82, 2.24) is 10.2 Å². The van der Waals surface area contributed by atoms with Crippen LogP contribution in [-0.4, -0.2) is 30.1 Å². The summed E-state index contributed by atoms with van der Waals surface area (Å²) < 4.78 is 13.9. The Morgan fingerprint density at radius 2 is 2.28 bits per heavy atom. The molecule has 0 aromatic heterocycles. The first kappa shape index (κ1) is 13.8. The van der Waals surface area contributed by atoms with E-state index in [9.17, 15) is 4.39 Å². The van der Waals surface area contributed by atoms with E-state index in [2.05, 4.69) is 24.1 Å². The van der Waals surface area contributed by atoms with E-state index in [1.807, 2.05) is 12.1 Å². The van der Waals surface area contributed by atoms with Gasteiger partial charge in [0.05, 0.1) is 5.02 Å². The van der Waals surface area contributed by atoms with E-state index in [1.165, 1.54) is 0 Å². The van der Waals surface area contributed by atoms with Gasteiger partial charge in [-0.05, 0) is 19.4 Å². The Labute approximate surface area is 113 Å². The third kappa shape index (κ3) is 2.68. The lowest BCUT2D eigenvalue weighted by atomic mass is 9.93. The topological polar surface area (TPSA) is 15.3 Å².